The third-order valence-electron chi connectivity index (χ3n) is 9.80. The normalized spacial score (nSPS) is 16.8. The maximum atomic E-state index is 12.4. The van der Waals surface area contributed by atoms with Crippen LogP contribution in [0.15, 0.2) is 87.9 Å². The second-order valence-corrected chi connectivity index (χ2v) is 17.8. The van der Waals surface area contributed by atoms with E-state index < -0.39 is 16.8 Å². The van der Waals surface area contributed by atoms with Crippen molar-refractivity contribution >= 4 is 71.8 Å². The molecule has 0 aliphatic carbocycles. The number of rotatable bonds is 0. The summed E-state index contributed by atoms with van der Waals surface area (Å²) in [5, 5.41) is 0.194. The van der Waals surface area contributed by atoms with E-state index in [2.05, 4.69) is 92.4 Å². The summed E-state index contributed by atoms with van der Waals surface area (Å²) < 4.78 is 32.1. The number of aromatic nitrogens is 2. The van der Waals surface area contributed by atoms with Gasteiger partial charge in [-0.2, -0.15) is 0 Å². The van der Waals surface area contributed by atoms with E-state index in [9.17, 15) is 9.59 Å². The van der Waals surface area contributed by atoms with E-state index in [0.717, 1.165) is 64.5 Å². The molecular formula is C41H50BBrCl2N5O6S. The Morgan fingerprint density at radius 3 is 1.63 bits per heavy atom. The van der Waals surface area contributed by atoms with Gasteiger partial charge in [-0.15, -0.1) is 23.2 Å². The third-order valence-corrected chi connectivity index (χ3v) is 10.4. The second-order valence-electron chi connectivity index (χ2n) is 15.9. The van der Waals surface area contributed by atoms with Gasteiger partial charge in [-0.3, -0.25) is 0 Å². The van der Waals surface area contributed by atoms with Gasteiger partial charge >= 0.3 is 36.9 Å². The Kier molecular flexibility index (Phi) is 14.5. The van der Waals surface area contributed by atoms with Crippen molar-refractivity contribution in [1.29, 1.82) is 0 Å². The van der Waals surface area contributed by atoms with Gasteiger partial charge in [-0.05, 0) is 106 Å². The molecule has 4 aromatic rings. The van der Waals surface area contributed by atoms with E-state index in [0.29, 0.717) is 26.2 Å². The molecule has 2 amide bonds. The molecule has 4 aliphatic rings. The van der Waals surface area contributed by atoms with Crippen LogP contribution >= 0.6 is 51.9 Å². The summed E-state index contributed by atoms with van der Waals surface area (Å²) in [6, 6.07) is 24.5. The third kappa shape index (κ3) is 10.4. The SMILES string of the molecule is CC(C)(C)OC(=O)N1CCC2(CC1)Oc1ccccc1-n1c(Br)ccc12.CC(C)(C)OC(=O)N1CCC2(CC1)Oc1ccccc1-n1cccc12.ClCCl.[B]=NS. The number of fused-ring (bicyclic) bond motifs is 8. The Morgan fingerprint density at radius 2 is 1.16 bits per heavy atom. The summed E-state index contributed by atoms with van der Waals surface area (Å²) in [5.41, 5.74) is 2.66. The number of para-hydroxylation sites is 4. The van der Waals surface area contributed by atoms with Gasteiger partial charge in [-0.1, -0.05) is 24.3 Å². The predicted molar refractivity (Wildman–Crippen MR) is 232 cm³/mol. The summed E-state index contributed by atoms with van der Waals surface area (Å²) in [5.74, 6) is 1.78. The summed E-state index contributed by atoms with van der Waals surface area (Å²) in [6.07, 6.45) is 4.57. The molecule has 16 heteroatoms. The number of halogens is 3. The molecule has 6 heterocycles. The first kappa shape index (κ1) is 44.5. The number of nitrogens with zero attached hydrogens (tertiary/aromatic N) is 5. The van der Waals surface area contributed by atoms with Crippen LogP contribution in [-0.2, 0) is 20.7 Å². The molecule has 0 saturated carbocycles. The average Bonchev–Trinajstić information content (AvgIpc) is 3.81. The number of hydrogen-bond acceptors (Lipinski definition) is 8. The zero-order chi connectivity index (χ0) is 41.6. The van der Waals surface area contributed by atoms with Crippen molar-refractivity contribution in [2.75, 3.05) is 31.5 Å². The van der Waals surface area contributed by atoms with E-state index in [1.807, 2.05) is 77.9 Å². The van der Waals surface area contributed by atoms with E-state index >= 15 is 0 Å². The quantitative estimate of drug-likeness (QED) is 0.107. The minimum atomic E-state index is -0.480. The summed E-state index contributed by atoms with van der Waals surface area (Å²) >= 11 is 16.4. The van der Waals surface area contributed by atoms with Crippen molar-refractivity contribution in [2.45, 2.75) is 89.6 Å². The van der Waals surface area contributed by atoms with Crippen LogP contribution in [0.4, 0.5) is 9.59 Å². The van der Waals surface area contributed by atoms with Crippen LogP contribution in [0, 0.1) is 0 Å². The molecule has 0 bridgehead atoms. The monoisotopic (exact) mass is 900 g/mol. The van der Waals surface area contributed by atoms with E-state index in [1.54, 1.807) is 9.80 Å². The van der Waals surface area contributed by atoms with Gasteiger partial charge in [0, 0.05) is 58.1 Å². The van der Waals surface area contributed by atoms with Crippen molar-refractivity contribution in [2.24, 2.45) is 4.30 Å². The molecule has 1 radical (unpaired) electrons. The van der Waals surface area contributed by atoms with Crippen molar-refractivity contribution in [1.82, 2.24) is 18.9 Å². The molecule has 0 atom stereocenters. The van der Waals surface area contributed by atoms with E-state index in [4.69, 9.17) is 42.1 Å². The Labute approximate surface area is 360 Å². The number of benzene rings is 2. The van der Waals surface area contributed by atoms with Gasteiger partial charge in [0.2, 0.25) is 0 Å². The first-order valence-corrected chi connectivity index (χ1v) is 21.0. The van der Waals surface area contributed by atoms with Crippen LogP contribution in [0.1, 0.15) is 78.6 Å². The minimum absolute atomic E-state index is 0.194. The zero-order valence-corrected chi connectivity index (χ0v) is 37.2. The molecule has 57 heavy (non-hydrogen) atoms. The van der Waals surface area contributed by atoms with Crippen molar-refractivity contribution in [3.63, 3.8) is 0 Å². The average molecular weight is 903 g/mol. The van der Waals surface area contributed by atoms with Crippen molar-refractivity contribution in [3.8, 4) is 22.9 Å². The molecule has 2 spiro atoms. The van der Waals surface area contributed by atoms with Gasteiger partial charge in [0.1, 0.15) is 22.7 Å². The standard InChI is InChI=1S/C20H23BrN2O3.C20H24N2O3.CH2Cl2.BHNS/c1-19(2,3)26-18(24)22-12-10-20(11-13-22)16-8-9-17(21)23(16)14-6-4-5-7-15(14)25-20;1-19(2,3)25-18(23)21-13-10-20(11-14-21)17-9-6-12-22(17)15-7-4-5-8-16(15)24-20;2-1-3;1-2-3/h4-9H,10-13H2,1-3H3;4-9,12H,10-11,13-14H2,1-3H3;1H2;3H. The predicted octanol–water partition coefficient (Wildman–Crippen LogP) is 10.6. The number of amides is 2. The van der Waals surface area contributed by atoms with Crippen LogP contribution in [0.2, 0.25) is 0 Å². The molecule has 8 rings (SSSR count). The van der Waals surface area contributed by atoms with Crippen molar-refractivity contribution < 1.29 is 28.5 Å². The number of carbonyl (C=O) groups excluding carboxylic acids is 2. The Balaban J connectivity index is 0.000000192. The van der Waals surface area contributed by atoms with Crippen molar-refractivity contribution in [3.05, 3.63) is 95.0 Å². The first-order chi connectivity index (χ1) is 27.0. The van der Waals surface area contributed by atoms with Gasteiger partial charge < -0.3 is 37.9 Å². The summed E-state index contributed by atoms with van der Waals surface area (Å²) in [7, 11) is 4.34. The molecule has 2 fully saturated rings. The van der Waals surface area contributed by atoms with Gasteiger partial charge in [-0.25, -0.2) is 9.59 Å². The Bertz CT molecular complexity index is 2020. The first-order valence-electron chi connectivity index (χ1n) is 18.7. The Hall–Kier alpha value is -3.59. The number of likely N-dealkylation sites (tertiary alicyclic amines) is 2. The van der Waals surface area contributed by atoms with E-state index in [1.165, 1.54) is 0 Å². The second kappa shape index (κ2) is 18.6. The fourth-order valence-corrected chi connectivity index (χ4v) is 7.96. The number of alkyl halides is 2. The molecule has 11 nitrogen and oxygen atoms in total. The molecule has 4 aliphatic heterocycles. The number of ether oxygens (including phenoxy) is 4. The molecule has 2 aromatic carbocycles. The maximum absolute atomic E-state index is 12.4. The number of thiol groups is 1. The number of carbonyl (C=O) groups is 2. The number of piperidine rings is 2. The molecule has 0 N–H and O–H groups in total. The zero-order valence-electron chi connectivity index (χ0n) is 33.2. The van der Waals surface area contributed by atoms with Crippen LogP contribution < -0.4 is 9.47 Å². The summed E-state index contributed by atoms with van der Waals surface area (Å²) in [6.45, 7) is 13.8. The topological polar surface area (TPSA) is 99.8 Å². The van der Waals surface area contributed by atoms with Crippen LogP contribution in [-0.4, -0.2) is 81.5 Å². The molecule has 2 saturated heterocycles. The fraction of sp³-hybridized carbons (Fsp3) is 0.463. The molecule has 305 valence electrons. The van der Waals surface area contributed by atoms with Crippen LogP contribution in [0.25, 0.3) is 11.4 Å². The van der Waals surface area contributed by atoms with Gasteiger partial charge in [0.05, 0.1) is 32.7 Å². The van der Waals surface area contributed by atoms with Crippen LogP contribution in [0.5, 0.6) is 11.5 Å². The summed E-state index contributed by atoms with van der Waals surface area (Å²) in [4.78, 5) is 28.3. The molecular weight excluding hydrogens is 852 g/mol. The molecule has 2 aromatic heterocycles. The number of hydrogen-bond donors (Lipinski definition) is 1. The van der Waals surface area contributed by atoms with Gasteiger partial charge in [0.15, 0.2) is 11.2 Å². The van der Waals surface area contributed by atoms with E-state index in [-0.39, 0.29) is 23.1 Å². The van der Waals surface area contributed by atoms with Crippen LogP contribution in [0.3, 0.4) is 0 Å². The fourth-order valence-electron chi connectivity index (χ4n) is 7.44. The molecule has 0 unspecified atom stereocenters. The van der Waals surface area contributed by atoms with Gasteiger partial charge in [0.25, 0.3) is 0 Å². The Morgan fingerprint density at radius 1 is 0.737 bits per heavy atom.